The van der Waals surface area contributed by atoms with Crippen LogP contribution in [-0.2, 0) is 10.0 Å². The lowest BCUT2D eigenvalue weighted by atomic mass is 10.2. The van der Waals surface area contributed by atoms with Gasteiger partial charge in [0.1, 0.15) is 0 Å². The Hall–Kier alpha value is -2.38. The molecule has 0 bridgehead atoms. The van der Waals surface area contributed by atoms with E-state index in [1.54, 1.807) is 36.4 Å². The van der Waals surface area contributed by atoms with Crippen LogP contribution in [0, 0.1) is 0 Å². The maximum Gasteiger partial charge on any atom is 0.255 e. The van der Waals surface area contributed by atoms with Gasteiger partial charge in [0.2, 0.25) is 10.0 Å². The fourth-order valence-corrected chi connectivity index (χ4v) is 2.52. The maximum absolute atomic E-state index is 12.1. The zero-order chi connectivity index (χ0) is 15.5. The molecule has 6 nitrogen and oxygen atoms in total. The van der Waals surface area contributed by atoms with Gasteiger partial charge in [-0.05, 0) is 43.4 Å². The van der Waals surface area contributed by atoms with Crippen molar-refractivity contribution in [2.24, 2.45) is 0 Å². The Morgan fingerprint density at radius 1 is 1.10 bits per heavy atom. The Kier molecular flexibility index (Phi) is 4.25. The van der Waals surface area contributed by atoms with Gasteiger partial charge in [0.05, 0.1) is 4.90 Å². The van der Waals surface area contributed by atoms with Gasteiger partial charge in [-0.2, -0.15) is 0 Å². The molecular formula is C14H15N3O3S. The van der Waals surface area contributed by atoms with Crippen LogP contribution in [0.25, 0.3) is 0 Å². The van der Waals surface area contributed by atoms with E-state index in [4.69, 9.17) is 5.73 Å². The summed E-state index contributed by atoms with van der Waals surface area (Å²) in [4.78, 5) is 12.1. The number of hydrogen-bond acceptors (Lipinski definition) is 4. The van der Waals surface area contributed by atoms with Crippen LogP contribution in [0.5, 0.6) is 0 Å². The SMILES string of the molecule is CNS(=O)(=O)c1cccc(NC(=O)c2cccc(N)c2)c1. The minimum atomic E-state index is -3.55. The van der Waals surface area contributed by atoms with Crippen molar-refractivity contribution in [2.75, 3.05) is 18.1 Å². The molecule has 0 spiro atoms. The Balaban J connectivity index is 2.24. The van der Waals surface area contributed by atoms with E-state index in [0.717, 1.165) is 0 Å². The molecule has 2 aromatic rings. The van der Waals surface area contributed by atoms with Gasteiger partial charge in [0.15, 0.2) is 0 Å². The second kappa shape index (κ2) is 5.94. The average Bonchev–Trinajstić information content (AvgIpc) is 2.47. The van der Waals surface area contributed by atoms with Crippen LogP contribution >= 0.6 is 0 Å². The number of carbonyl (C=O) groups excluding carboxylic acids is 1. The van der Waals surface area contributed by atoms with Crippen molar-refractivity contribution in [2.45, 2.75) is 4.90 Å². The van der Waals surface area contributed by atoms with Crippen molar-refractivity contribution in [1.82, 2.24) is 4.72 Å². The third-order valence-electron chi connectivity index (χ3n) is 2.82. The molecule has 0 fully saturated rings. The lowest BCUT2D eigenvalue weighted by Gasteiger charge is -2.08. The summed E-state index contributed by atoms with van der Waals surface area (Å²) in [5.74, 6) is -0.360. The monoisotopic (exact) mass is 305 g/mol. The molecule has 0 saturated heterocycles. The van der Waals surface area contributed by atoms with E-state index in [0.29, 0.717) is 16.9 Å². The predicted octanol–water partition coefficient (Wildman–Crippen LogP) is 1.43. The molecule has 7 heteroatoms. The third kappa shape index (κ3) is 3.59. The standard InChI is InChI=1S/C14H15N3O3S/c1-16-21(19,20)13-7-3-6-12(9-13)17-14(18)10-4-2-5-11(15)8-10/h2-9,16H,15H2,1H3,(H,17,18). The predicted molar refractivity (Wildman–Crippen MR) is 81.5 cm³/mol. The van der Waals surface area contributed by atoms with Gasteiger partial charge >= 0.3 is 0 Å². The number of hydrogen-bond donors (Lipinski definition) is 3. The highest BCUT2D eigenvalue weighted by Crippen LogP contribution is 2.16. The first-order chi connectivity index (χ1) is 9.92. The zero-order valence-electron chi connectivity index (χ0n) is 11.3. The van der Waals surface area contributed by atoms with Crippen molar-refractivity contribution in [3.8, 4) is 0 Å². The van der Waals surface area contributed by atoms with Gasteiger partial charge in [-0.1, -0.05) is 12.1 Å². The topological polar surface area (TPSA) is 101 Å². The quantitative estimate of drug-likeness (QED) is 0.744. The number of rotatable bonds is 4. The summed E-state index contributed by atoms with van der Waals surface area (Å²) in [6.07, 6.45) is 0. The second-order valence-electron chi connectivity index (χ2n) is 4.31. The van der Waals surface area contributed by atoms with E-state index in [9.17, 15) is 13.2 Å². The maximum atomic E-state index is 12.1. The molecule has 0 aromatic heterocycles. The van der Waals surface area contributed by atoms with Crippen LogP contribution in [-0.4, -0.2) is 21.4 Å². The molecule has 0 unspecified atom stereocenters. The zero-order valence-corrected chi connectivity index (χ0v) is 12.1. The van der Waals surface area contributed by atoms with Gasteiger partial charge in [0.25, 0.3) is 5.91 Å². The highest BCUT2D eigenvalue weighted by atomic mass is 32.2. The summed E-state index contributed by atoms with van der Waals surface area (Å²) < 4.78 is 25.6. The molecule has 0 aliphatic carbocycles. The fraction of sp³-hybridized carbons (Fsp3) is 0.0714. The Bertz CT molecular complexity index is 773. The molecule has 1 amide bonds. The molecule has 0 radical (unpaired) electrons. The molecule has 21 heavy (non-hydrogen) atoms. The molecule has 2 rings (SSSR count). The summed E-state index contributed by atoms with van der Waals surface area (Å²) in [7, 11) is -2.22. The van der Waals surface area contributed by atoms with Gasteiger partial charge in [-0.15, -0.1) is 0 Å². The molecule has 4 N–H and O–H groups in total. The molecular weight excluding hydrogens is 290 g/mol. The van der Waals surface area contributed by atoms with Crippen molar-refractivity contribution in [3.05, 3.63) is 54.1 Å². The summed E-state index contributed by atoms with van der Waals surface area (Å²) in [6, 6.07) is 12.5. The summed E-state index contributed by atoms with van der Waals surface area (Å²) >= 11 is 0. The number of anilines is 2. The average molecular weight is 305 g/mol. The number of sulfonamides is 1. The van der Waals surface area contributed by atoms with Crippen LogP contribution in [0.1, 0.15) is 10.4 Å². The Morgan fingerprint density at radius 2 is 1.81 bits per heavy atom. The molecule has 0 saturated carbocycles. The van der Waals surface area contributed by atoms with Gasteiger partial charge < -0.3 is 11.1 Å². The summed E-state index contributed by atoms with van der Waals surface area (Å²) in [6.45, 7) is 0. The van der Waals surface area contributed by atoms with E-state index in [2.05, 4.69) is 10.0 Å². The Labute approximate surface area is 123 Å². The van der Waals surface area contributed by atoms with Crippen LogP contribution in [0.4, 0.5) is 11.4 Å². The normalized spacial score (nSPS) is 11.1. The van der Waals surface area contributed by atoms with E-state index < -0.39 is 10.0 Å². The molecule has 2 aromatic carbocycles. The number of amides is 1. The molecule has 0 aliphatic rings. The highest BCUT2D eigenvalue weighted by Gasteiger charge is 2.12. The molecule has 0 heterocycles. The first-order valence-corrected chi connectivity index (χ1v) is 7.61. The van der Waals surface area contributed by atoms with Gasteiger partial charge in [0, 0.05) is 16.9 Å². The van der Waals surface area contributed by atoms with E-state index in [-0.39, 0.29) is 10.8 Å². The molecule has 0 atom stereocenters. The Morgan fingerprint density at radius 3 is 2.48 bits per heavy atom. The van der Waals surface area contributed by atoms with Crippen LogP contribution < -0.4 is 15.8 Å². The molecule has 0 aliphatic heterocycles. The van der Waals surface area contributed by atoms with Gasteiger partial charge in [-0.3, -0.25) is 4.79 Å². The highest BCUT2D eigenvalue weighted by molar-refractivity contribution is 7.89. The number of nitrogens with one attached hydrogen (secondary N) is 2. The van der Waals surface area contributed by atoms with E-state index in [1.165, 1.54) is 19.2 Å². The largest absolute Gasteiger partial charge is 0.399 e. The second-order valence-corrected chi connectivity index (χ2v) is 6.20. The van der Waals surface area contributed by atoms with Gasteiger partial charge in [-0.25, -0.2) is 13.1 Å². The van der Waals surface area contributed by atoms with E-state index >= 15 is 0 Å². The number of benzene rings is 2. The van der Waals surface area contributed by atoms with E-state index in [1.807, 2.05) is 0 Å². The summed E-state index contributed by atoms with van der Waals surface area (Å²) in [5.41, 5.74) is 6.89. The fourth-order valence-electron chi connectivity index (χ4n) is 1.74. The van der Waals surface area contributed by atoms with Crippen molar-refractivity contribution >= 4 is 27.3 Å². The lowest BCUT2D eigenvalue weighted by molar-refractivity contribution is 0.102. The van der Waals surface area contributed by atoms with Crippen LogP contribution in [0.15, 0.2) is 53.4 Å². The minimum absolute atomic E-state index is 0.0791. The number of nitrogen functional groups attached to an aromatic ring is 1. The van der Waals surface area contributed by atoms with Crippen LogP contribution in [0.3, 0.4) is 0 Å². The smallest absolute Gasteiger partial charge is 0.255 e. The van der Waals surface area contributed by atoms with Crippen molar-refractivity contribution in [3.63, 3.8) is 0 Å². The third-order valence-corrected chi connectivity index (χ3v) is 4.23. The van der Waals surface area contributed by atoms with Crippen molar-refractivity contribution in [1.29, 1.82) is 0 Å². The molecule has 110 valence electrons. The minimum Gasteiger partial charge on any atom is -0.399 e. The first-order valence-electron chi connectivity index (χ1n) is 6.13. The number of carbonyl (C=O) groups is 1. The lowest BCUT2D eigenvalue weighted by Crippen LogP contribution is -2.19. The number of nitrogens with two attached hydrogens (primary N) is 1. The summed E-state index contributed by atoms with van der Waals surface area (Å²) in [5, 5.41) is 2.64. The first kappa shape index (κ1) is 15.0. The van der Waals surface area contributed by atoms with Crippen LogP contribution in [0.2, 0.25) is 0 Å². The van der Waals surface area contributed by atoms with Crippen molar-refractivity contribution < 1.29 is 13.2 Å².